The summed E-state index contributed by atoms with van der Waals surface area (Å²) in [5.41, 5.74) is 8.70. The van der Waals surface area contributed by atoms with Crippen molar-refractivity contribution in [3.05, 3.63) is 122 Å². The minimum atomic E-state index is 0.954. The Morgan fingerprint density at radius 3 is 2.40 bits per heavy atom. The van der Waals surface area contributed by atoms with Crippen molar-refractivity contribution in [2.75, 3.05) is 0 Å². The number of imidazole rings is 1. The Balaban J connectivity index is 1.30. The summed E-state index contributed by atoms with van der Waals surface area (Å²) in [6.07, 6.45) is 5.64. The van der Waals surface area contributed by atoms with Gasteiger partial charge in [-0.2, -0.15) is 0 Å². The second kappa shape index (κ2) is 9.00. The van der Waals surface area contributed by atoms with Crippen LogP contribution in [0.2, 0.25) is 0 Å². The molecule has 0 unspecified atom stereocenters. The molecule has 0 bridgehead atoms. The first-order valence-electron chi connectivity index (χ1n) is 13.2. The lowest BCUT2D eigenvalue weighted by Crippen LogP contribution is -1.95. The summed E-state index contributed by atoms with van der Waals surface area (Å²) >= 11 is 1.72. The van der Waals surface area contributed by atoms with Gasteiger partial charge >= 0.3 is 0 Å². The molecule has 8 aromatic rings. The topological polar surface area (TPSA) is 48.5 Å². The number of thiazole rings is 1. The number of fused-ring (bicyclic) bond motifs is 4. The van der Waals surface area contributed by atoms with E-state index in [4.69, 9.17) is 4.98 Å². The van der Waals surface area contributed by atoms with Crippen LogP contribution in [0.25, 0.3) is 70.9 Å². The molecule has 190 valence electrons. The van der Waals surface area contributed by atoms with Crippen molar-refractivity contribution in [3.63, 3.8) is 0 Å². The number of para-hydroxylation sites is 1. The minimum Gasteiger partial charge on any atom is -0.334 e. The third-order valence-electron chi connectivity index (χ3n) is 7.45. The maximum absolute atomic E-state index is 5.02. The Morgan fingerprint density at radius 1 is 0.650 bits per heavy atom. The van der Waals surface area contributed by atoms with E-state index in [9.17, 15) is 0 Å². The SMILES string of the molecule is Cn1ccnc1-c1ccc2nc(-c3ccc4c5ccccc5n(-c5cccc(-c6ccccn6)c5)c4c3)sc2c1. The molecule has 6 heteroatoms. The van der Waals surface area contributed by atoms with Crippen LogP contribution in [0.15, 0.2) is 122 Å². The molecule has 4 aromatic heterocycles. The average molecular weight is 534 g/mol. The average Bonchev–Trinajstić information content (AvgIpc) is 3.72. The van der Waals surface area contributed by atoms with Crippen molar-refractivity contribution in [2.45, 2.75) is 0 Å². The third-order valence-corrected chi connectivity index (χ3v) is 8.52. The van der Waals surface area contributed by atoms with Crippen LogP contribution in [0.5, 0.6) is 0 Å². The third kappa shape index (κ3) is 3.65. The molecule has 0 aliphatic rings. The molecular weight excluding hydrogens is 510 g/mol. The molecule has 0 radical (unpaired) electrons. The predicted octanol–water partition coefficient (Wildman–Crippen LogP) is 8.52. The first kappa shape index (κ1) is 22.9. The van der Waals surface area contributed by atoms with E-state index in [0.717, 1.165) is 54.6 Å². The van der Waals surface area contributed by atoms with Gasteiger partial charge in [0.1, 0.15) is 10.8 Å². The molecule has 0 aliphatic heterocycles. The van der Waals surface area contributed by atoms with Crippen LogP contribution < -0.4 is 0 Å². The van der Waals surface area contributed by atoms with E-state index in [1.165, 1.54) is 16.3 Å². The number of benzene rings is 4. The molecule has 0 N–H and O–H groups in total. The summed E-state index contributed by atoms with van der Waals surface area (Å²) in [4.78, 5) is 14.1. The first-order chi connectivity index (χ1) is 19.7. The number of aromatic nitrogens is 5. The molecule has 0 amide bonds. The van der Waals surface area contributed by atoms with E-state index >= 15 is 0 Å². The van der Waals surface area contributed by atoms with Gasteiger partial charge in [-0.15, -0.1) is 11.3 Å². The molecule has 0 saturated carbocycles. The molecule has 0 atom stereocenters. The highest BCUT2D eigenvalue weighted by Gasteiger charge is 2.16. The summed E-state index contributed by atoms with van der Waals surface area (Å²) in [6, 6.07) is 36.3. The van der Waals surface area contributed by atoms with Gasteiger partial charge in [-0.25, -0.2) is 9.97 Å². The Bertz CT molecular complexity index is 2190. The van der Waals surface area contributed by atoms with Crippen molar-refractivity contribution in [2.24, 2.45) is 7.05 Å². The maximum Gasteiger partial charge on any atom is 0.139 e. The zero-order valence-electron chi connectivity index (χ0n) is 21.7. The monoisotopic (exact) mass is 533 g/mol. The summed E-state index contributed by atoms with van der Waals surface area (Å²) in [5, 5.41) is 3.46. The van der Waals surface area contributed by atoms with Crippen LogP contribution in [0.4, 0.5) is 0 Å². The maximum atomic E-state index is 5.02. The lowest BCUT2D eigenvalue weighted by Gasteiger charge is -2.10. The standard InChI is InChI=1S/C34H23N5S/c1-38-18-17-36-33(38)23-13-15-29-32(21-23)40-34(37-29)24-12-14-27-26-9-2-3-11-30(26)39(31(27)20-24)25-8-6-7-22(19-25)28-10-4-5-16-35-28/h2-21H,1H3. The minimum absolute atomic E-state index is 0.954. The molecule has 8 rings (SSSR count). The number of hydrogen-bond acceptors (Lipinski definition) is 4. The number of nitrogens with zero attached hydrogens (tertiary/aromatic N) is 5. The number of hydrogen-bond donors (Lipinski definition) is 0. The van der Waals surface area contributed by atoms with E-state index in [1.807, 2.05) is 42.3 Å². The van der Waals surface area contributed by atoms with Gasteiger partial charge in [0.25, 0.3) is 0 Å². The van der Waals surface area contributed by atoms with Gasteiger partial charge in [0.15, 0.2) is 0 Å². The van der Waals surface area contributed by atoms with E-state index in [1.54, 1.807) is 11.3 Å². The summed E-state index contributed by atoms with van der Waals surface area (Å²) in [6.45, 7) is 0. The quantitative estimate of drug-likeness (QED) is 0.228. The van der Waals surface area contributed by atoms with Crippen LogP contribution in [0.3, 0.4) is 0 Å². The van der Waals surface area contributed by atoms with Crippen LogP contribution in [0, 0.1) is 0 Å². The first-order valence-corrected chi connectivity index (χ1v) is 14.0. The Morgan fingerprint density at radius 2 is 1.52 bits per heavy atom. The van der Waals surface area contributed by atoms with Gasteiger partial charge in [-0.05, 0) is 54.6 Å². The van der Waals surface area contributed by atoms with Crippen molar-refractivity contribution < 1.29 is 0 Å². The van der Waals surface area contributed by atoms with Crippen LogP contribution in [-0.4, -0.2) is 24.1 Å². The lowest BCUT2D eigenvalue weighted by molar-refractivity contribution is 0.925. The van der Waals surface area contributed by atoms with E-state index in [0.29, 0.717) is 0 Å². The Labute approximate surface area is 234 Å². The summed E-state index contributed by atoms with van der Waals surface area (Å²) in [5.74, 6) is 0.954. The van der Waals surface area contributed by atoms with Crippen molar-refractivity contribution >= 4 is 43.4 Å². The fraction of sp³-hybridized carbons (Fsp3) is 0.0294. The van der Waals surface area contributed by atoms with Crippen LogP contribution in [0.1, 0.15) is 0 Å². The van der Waals surface area contributed by atoms with Gasteiger partial charge in [0.2, 0.25) is 0 Å². The zero-order chi connectivity index (χ0) is 26.6. The molecule has 4 heterocycles. The van der Waals surface area contributed by atoms with Crippen LogP contribution >= 0.6 is 11.3 Å². The fourth-order valence-corrected chi connectivity index (χ4v) is 6.55. The predicted molar refractivity (Wildman–Crippen MR) is 165 cm³/mol. The molecule has 0 aliphatic carbocycles. The highest BCUT2D eigenvalue weighted by Crippen LogP contribution is 2.38. The van der Waals surface area contributed by atoms with Gasteiger partial charge in [-0.3, -0.25) is 4.98 Å². The molecule has 5 nitrogen and oxygen atoms in total. The van der Waals surface area contributed by atoms with E-state index in [-0.39, 0.29) is 0 Å². The van der Waals surface area contributed by atoms with E-state index in [2.05, 4.69) is 106 Å². The van der Waals surface area contributed by atoms with Crippen molar-refractivity contribution in [1.82, 2.24) is 24.1 Å². The highest BCUT2D eigenvalue weighted by atomic mass is 32.1. The smallest absolute Gasteiger partial charge is 0.139 e. The van der Waals surface area contributed by atoms with Crippen molar-refractivity contribution in [3.8, 4) is 38.9 Å². The van der Waals surface area contributed by atoms with Gasteiger partial charge < -0.3 is 9.13 Å². The molecule has 0 saturated heterocycles. The molecular formula is C34H23N5S. The van der Waals surface area contributed by atoms with E-state index < -0.39 is 0 Å². The molecule has 4 aromatic carbocycles. The van der Waals surface area contributed by atoms with Crippen LogP contribution in [-0.2, 0) is 7.05 Å². The number of aryl methyl sites for hydroxylation is 1. The van der Waals surface area contributed by atoms with Gasteiger partial charge in [-0.1, -0.05) is 48.5 Å². The highest BCUT2D eigenvalue weighted by molar-refractivity contribution is 7.21. The summed E-state index contributed by atoms with van der Waals surface area (Å²) in [7, 11) is 2.02. The van der Waals surface area contributed by atoms with Gasteiger partial charge in [0, 0.05) is 58.8 Å². The van der Waals surface area contributed by atoms with Gasteiger partial charge in [0.05, 0.1) is 26.9 Å². The fourth-order valence-electron chi connectivity index (χ4n) is 5.55. The Hall–Kier alpha value is -5.07. The van der Waals surface area contributed by atoms with Crippen molar-refractivity contribution in [1.29, 1.82) is 0 Å². The zero-order valence-corrected chi connectivity index (χ0v) is 22.5. The largest absolute Gasteiger partial charge is 0.334 e. The lowest BCUT2D eigenvalue weighted by atomic mass is 10.1. The summed E-state index contributed by atoms with van der Waals surface area (Å²) < 4.78 is 5.55. The Kier molecular flexibility index (Phi) is 5.15. The molecule has 0 spiro atoms. The molecule has 0 fully saturated rings. The second-order valence-electron chi connectivity index (χ2n) is 9.91. The number of pyridine rings is 1. The molecule has 40 heavy (non-hydrogen) atoms. The normalized spacial score (nSPS) is 11.6. The second-order valence-corrected chi connectivity index (χ2v) is 10.9. The number of rotatable bonds is 4.